The molecule has 1 atom stereocenters. The number of aromatic nitrogens is 1. The number of hydrogen-bond acceptors (Lipinski definition) is 3. The van der Waals surface area contributed by atoms with Crippen molar-refractivity contribution in [2.24, 2.45) is 0 Å². The van der Waals surface area contributed by atoms with Crippen LogP contribution in [0.25, 0.3) is 0 Å². The lowest BCUT2D eigenvalue weighted by Gasteiger charge is -2.13. The van der Waals surface area contributed by atoms with Crippen LogP contribution in [0.4, 0.5) is 0 Å². The van der Waals surface area contributed by atoms with E-state index in [1.165, 1.54) is 11.3 Å². The second kappa shape index (κ2) is 5.35. The zero-order valence-corrected chi connectivity index (χ0v) is 9.45. The third-order valence-electron chi connectivity index (χ3n) is 2.03. The van der Waals surface area contributed by atoms with Crippen LogP contribution in [0.2, 0.25) is 0 Å². The van der Waals surface area contributed by atoms with Gasteiger partial charge in [0.15, 0.2) is 0 Å². The quantitative estimate of drug-likeness (QED) is 0.787. The SMILES string of the molecule is CCCNC(CC)c1cnc(C)s1. The van der Waals surface area contributed by atoms with E-state index in [2.05, 4.69) is 31.1 Å². The molecule has 2 nitrogen and oxygen atoms in total. The average Bonchev–Trinajstić information content (AvgIpc) is 2.54. The molecule has 0 fully saturated rings. The molecule has 3 heteroatoms. The molecule has 1 aromatic rings. The maximum Gasteiger partial charge on any atom is 0.0897 e. The molecule has 0 aliphatic rings. The van der Waals surface area contributed by atoms with Gasteiger partial charge in [-0.1, -0.05) is 13.8 Å². The van der Waals surface area contributed by atoms with Crippen molar-refractivity contribution in [2.75, 3.05) is 6.54 Å². The van der Waals surface area contributed by atoms with Crippen LogP contribution < -0.4 is 5.32 Å². The van der Waals surface area contributed by atoms with Crippen LogP contribution in [0.5, 0.6) is 0 Å². The second-order valence-electron chi connectivity index (χ2n) is 3.20. The fourth-order valence-corrected chi connectivity index (χ4v) is 2.25. The first-order chi connectivity index (χ1) is 6.27. The van der Waals surface area contributed by atoms with E-state index in [1.54, 1.807) is 11.3 Å². The fraction of sp³-hybridized carbons (Fsp3) is 0.700. The summed E-state index contributed by atoms with van der Waals surface area (Å²) in [6, 6.07) is 0.506. The molecule has 1 unspecified atom stereocenters. The molecule has 0 radical (unpaired) electrons. The molecule has 1 heterocycles. The highest BCUT2D eigenvalue weighted by atomic mass is 32.1. The molecule has 13 heavy (non-hydrogen) atoms. The predicted molar refractivity (Wildman–Crippen MR) is 58.2 cm³/mol. The number of nitrogens with zero attached hydrogens (tertiary/aromatic N) is 1. The van der Waals surface area contributed by atoms with Crippen molar-refractivity contribution in [3.05, 3.63) is 16.1 Å². The smallest absolute Gasteiger partial charge is 0.0897 e. The van der Waals surface area contributed by atoms with Crippen LogP contribution in [0, 0.1) is 6.92 Å². The van der Waals surface area contributed by atoms with E-state index in [0.717, 1.165) is 18.0 Å². The van der Waals surface area contributed by atoms with Gasteiger partial charge in [-0.15, -0.1) is 11.3 Å². The van der Waals surface area contributed by atoms with E-state index in [1.807, 2.05) is 6.20 Å². The van der Waals surface area contributed by atoms with E-state index in [4.69, 9.17) is 0 Å². The highest BCUT2D eigenvalue weighted by molar-refractivity contribution is 7.11. The Morgan fingerprint density at radius 2 is 2.31 bits per heavy atom. The third-order valence-corrected chi connectivity index (χ3v) is 3.06. The number of aryl methyl sites for hydroxylation is 1. The first-order valence-corrected chi connectivity index (χ1v) is 5.75. The summed E-state index contributed by atoms with van der Waals surface area (Å²) in [5, 5.41) is 4.68. The minimum atomic E-state index is 0.506. The predicted octanol–water partition coefficient (Wildman–Crippen LogP) is 2.90. The summed E-state index contributed by atoms with van der Waals surface area (Å²) >= 11 is 1.80. The van der Waals surface area contributed by atoms with Crippen LogP contribution in [0.3, 0.4) is 0 Å². The van der Waals surface area contributed by atoms with Crippen LogP contribution >= 0.6 is 11.3 Å². The molecule has 1 rings (SSSR count). The van der Waals surface area contributed by atoms with E-state index in [-0.39, 0.29) is 0 Å². The molecule has 0 saturated carbocycles. The number of nitrogens with one attached hydrogen (secondary N) is 1. The molecule has 0 saturated heterocycles. The van der Waals surface area contributed by atoms with Crippen molar-refractivity contribution in [3.8, 4) is 0 Å². The van der Waals surface area contributed by atoms with Crippen molar-refractivity contribution in [1.29, 1.82) is 0 Å². The third kappa shape index (κ3) is 3.08. The first kappa shape index (κ1) is 10.7. The Bertz CT molecular complexity index is 245. The zero-order valence-electron chi connectivity index (χ0n) is 8.63. The summed E-state index contributed by atoms with van der Waals surface area (Å²) in [5.41, 5.74) is 0. The van der Waals surface area contributed by atoms with Gasteiger partial charge in [-0.2, -0.15) is 0 Å². The van der Waals surface area contributed by atoms with Gasteiger partial charge in [0.25, 0.3) is 0 Å². The molecule has 0 aliphatic carbocycles. The minimum Gasteiger partial charge on any atom is -0.309 e. The lowest BCUT2D eigenvalue weighted by molar-refractivity contribution is 0.525. The standard InChI is InChI=1S/C10H18N2S/c1-4-6-11-9(5-2)10-7-12-8(3)13-10/h7,9,11H,4-6H2,1-3H3. The number of thiazole rings is 1. The molecular weight excluding hydrogens is 180 g/mol. The summed E-state index contributed by atoms with van der Waals surface area (Å²) in [6.07, 6.45) is 4.33. The molecule has 1 aromatic heterocycles. The zero-order chi connectivity index (χ0) is 9.68. The van der Waals surface area contributed by atoms with E-state index >= 15 is 0 Å². The van der Waals surface area contributed by atoms with Crippen molar-refractivity contribution in [1.82, 2.24) is 10.3 Å². The minimum absolute atomic E-state index is 0.506. The van der Waals surface area contributed by atoms with Gasteiger partial charge in [0.2, 0.25) is 0 Å². The van der Waals surface area contributed by atoms with Gasteiger partial charge in [-0.3, -0.25) is 0 Å². The van der Waals surface area contributed by atoms with Gasteiger partial charge in [0.05, 0.1) is 5.01 Å². The van der Waals surface area contributed by atoms with Crippen molar-refractivity contribution in [2.45, 2.75) is 39.7 Å². The van der Waals surface area contributed by atoms with Gasteiger partial charge < -0.3 is 5.32 Å². The van der Waals surface area contributed by atoms with Crippen LogP contribution in [0.15, 0.2) is 6.20 Å². The molecule has 0 aromatic carbocycles. The van der Waals surface area contributed by atoms with Crippen molar-refractivity contribution < 1.29 is 0 Å². The van der Waals surface area contributed by atoms with Crippen molar-refractivity contribution >= 4 is 11.3 Å². The Balaban J connectivity index is 2.56. The lowest BCUT2D eigenvalue weighted by atomic mass is 10.2. The topological polar surface area (TPSA) is 24.9 Å². The van der Waals surface area contributed by atoms with Crippen LogP contribution in [0.1, 0.15) is 42.6 Å². The van der Waals surface area contributed by atoms with E-state index < -0.39 is 0 Å². The van der Waals surface area contributed by atoms with Crippen molar-refractivity contribution in [3.63, 3.8) is 0 Å². The largest absolute Gasteiger partial charge is 0.309 e. The summed E-state index contributed by atoms with van der Waals surface area (Å²) < 4.78 is 0. The van der Waals surface area contributed by atoms with Gasteiger partial charge >= 0.3 is 0 Å². The number of hydrogen-bond donors (Lipinski definition) is 1. The molecule has 1 N–H and O–H groups in total. The normalized spacial score (nSPS) is 13.2. The Labute approximate surface area is 84.4 Å². The first-order valence-electron chi connectivity index (χ1n) is 4.93. The average molecular weight is 198 g/mol. The fourth-order valence-electron chi connectivity index (χ4n) is 1.30. The number of rotatable bonds is 5. The van der Waals surface area contributed by atoms with Crippen LogP contribution in [-0.2, 0) is 0 Å². The maximum atomic E-state index is 4.27. The van der Waals surface area contributed by atoms with E-state index in [9.17, 15) is 0 Å². The Morgan fingerprint density at radius 1 is 1.54 bits per heavy atom. The van der Waals surface area contributed by atoms with Gasteiger partial charge in [0.1, 0.15) is 0 Å². The lowest BCUT2D eigenvalue weighted by Crippen LogP contribution is -2.20. The van der Waals surface area contributed by atoms with E-state index in [0.29, 0.717) is 6.04 Å². The Morgan fingerprint density at radius 3 is 2.77 bits per heavy atom. The Hall–Kier alpha value is -0.410. The summed E-state index contributed by atoms with van der Waals surface area (Å²) in [6.45, 7) is 7.55. The van der Waals surface area contributed by atoms with Gasteiger partial charge in [-0.05, 0) is 26.3 Å². The summed E-state index contributed by atoms with van der Waals surface area (Å²) in [7, 11) is 0. The highest BCUT2D eigenvalue weighted by Crippen LogP contribution is 2.22. The highest BCUT2D eigenvalue weighted by Gasteiger charge is 2.10. The molecule has 0 amide bonds. The van der Waals surface area contributed by atoms with Gasteiger partial charge in [-0.25, -0.2) is 4.98 Å². The van der Waals surface area contributed by atoms with Gasteiger partial charge in [0, 0.05) is 17.1 Å². The molecular formula is C10H18N2S. The molecule has 0 spiro atoms. The molecule has 0 bridgehead atoms. The van der Waals surface area contributed by atoms with Crippen LogP contribution in [-0.4, -0.2) is 11.5 Å². The maximum absolute atomic E-state index is 4.27. The second-order valence-corrected chi connectivity index (χ2v) is 4.46. The Kier molecular flexibility index (Phi) is 4.39. The summed E-state index contributed by atoms with van der Waals surface area (Å²) in [5.74, 6) is 0. The summed E-state index contributed by atoms with van der Waals surface area (Å²) in [4.78, 5) is 5.64. The monoisotopic (exact) mass is 198 g/mol. The molecule has 74 valence electrons. The molecule has 0 aliphatic heterocycles.